The van der Waals surface area contributed by atoms with Crippen molar-refractivity contribution in [2.75, 3.05) is 0 Å². The third-order valence-electron chi connectivity index (χ3n) is 3.05. The average molecular weight is 294 g/mol. The molecule has 0 atom stereocenters. The predicted octanol–water partition coefficient (Wildman–Crippen LogP) is 3.19. The van der Waals surface area contributed by atoms with Gasteiger partial charge >= 0.3 is 29.6 Å². The second kappa shape index (κ2) is 9.94. The molecular formula is C14H23NaO3S. The van der Waals surface area contributed by atoms with Crippen LogP contribution in [0.5, 0.6) is 0 Å². The topological polar surface area (TPSA) is 54.4 Å². The van der Waals surface area contributed by atoms with Crippen LogP contribution in [0.25, 0.3) is 0 Å². The Bertz CT molecular complexity index is 458. The van der Waals surface area contributed by atoms with Crippen molar-refractivity contribution in [3.8, 4) is 0 Å². The first-order valence-corrected chi connectivity index (χ1v) is 8.05. The van der Waals surface area contributed by atoms with Crippen LogP contribution in [0.4, 0.5) is 0 Å². The number of hydrogen-bond acceptors (Lipinski definition) is 2. The van der Waals surface area contributed by atoms with Crippen LogP contribution in [0.2, 0.25) is 0 Å². The first kappa shape index (κ1) is 19.1. The van der Waals surface area contributed by atoms with Crippen molar-refractivity contribution < 1.29 is 13.0 Å². The summed E-state index contributed by atoms with van der Waals surface area (Å²) in [7, 11) is -4.08. The molecule has 104 valence electrons. The van der Waals surface area contributed by atoms with E-state index in [-0.39, 0.29) is 34.5 Å². The fourth-order valence-electron chi connectivity index (χ4n) is 2.06. The molecule has 0 aliphatic heterocycles. The van der Waals surface area contributed by atoms with Gasteiger partial charge in [0.1, 0.15) is 0 Å². The number of unbranched alkanes of at least 4 members (excludes halogenated alkanes) is 5. The number of hydrogen-bond donors (Lipinski definition) is 1. The van der Waals surface area contributed by atoms with Gasteiger partial charge in [0.2, 0.25) is 0 Å². The molecule has 0 heterocycles. The van der Waals surface area contributed by atoms with E-state index in [9.17, 15) is 8.42 Å². The van der Waals surface area contributed by atoms with Crippen LogP contribution in [0.1, 0.15) is 51.0 Å². The summed E-state index contributed by atoms with van der Waals surface area (Å²) in [6, 6.07) is 6.67. The van der Waals surface area contributed by atoms with E-state index in [2.05, 4.69) is 6.92 Å². The standard InChI is InChI=1S/C14H22O3S.Na.H/c1-2-3-4-5-6-7-10-13-11-8-9-12-14(13)18(15,16)17;;/h8-9,11-12H,2-7,10H2,1H3,(H,15,16,17);;. The Morgan fingerprint density at radius 2 is 1.58 bits per heavy atom. The van der Waals surface area contributed by atoms with E-state index in [1.54, 1.807) is 18.2 Å². The van der Waals surface area contributed by atoms with Gasteiger partial charge in [-0.3, -0.25) is 4.55 Å². The second-order valence-electron chi connectivity index (χ2n) is 4.60. The Balaban J connectivity index is 0.00000324. The minimum atomic E-state index is -4.08. The van der Waals surface area contributed by atoms with Gasteiger partial charge in [0.25, 0.3) is 10.1 Å². The van der Waals surface area contributed by atoms with E-state index in [4.69, 9.17) is 4.55 Å². The van der Waals surface area contributed by atoms with E-state index in [0.717, 1.165) is 18.4 Å². The van der Waals surface area contributed by atoms with Crippen LogP contribution < -0.4 is 0 Å². The molecule has 0 aliphatic rings. The van der Waals surface area contributed by atoms with Crippen molar-refractivity contribution in [2.45, 2.75) is 56.8 Å². The summed E-state index contributed by atoms with van der Waals surface area (Å²) < 4.78 is 31.5. The van der Waals surface area contributed by atoms with E-state index in [1.807, 2.05) is 0 Å². The van der Waals surface area contributed by atoms with Crippen molar-refractivity contribution in [1.82, 2.24) is 0 Å². The molecule has 0 bridgehead atoms. The van der Waals surface area contributed by atoms with Crippen molar-refractivity contribution in [3.63, 3.8) is 0 Å². The predicted molar refractivity (Wildman–Crippen MR) is 80.5 cm³/mol. The van der Waals surface area contributed by atoms with Crippen LogP contribution in [0.15, 0.2) is 29.2 Å². The van der Waals surface area contributed by atoms with Crippen molar-refractivity contribution in [1.29, 1.82) is 0 Å². The van der Waals surface area contributed by atoms with E-state index in [0.29, 0.717) is 6.42 Å². The van der Waals surface area contributed by atoms with Crippen LogP contribution in [0, 0.1) is 0 Å². The molecule has 0 aliphatic carbocycles. The maximum absolute atomic E-state index is 11.2. The van der Waals surface area contributed by atoms with E-state index in [1.165, 1.54) is 31.7 Å². The SMILES string of the molecule is CCCCCCCCc1ccccc1S(=O)(=O)O.[NaH]. The van der Waals surface area contributed by atoms with E-state index >= 15 is 0 Å². The molecule has 0 saturated carbocycles. The third kappa shape index (κ3) is 7.47. The molecule has 5 heteroatoms. The quantitative estimate of drug-likeness (QED) is 0.455. The molecule has 0 saturated heterocycles. The Hall–Kier alpha value is 0.130. The fraction of sp³-hybridized carbons (Fsp3) is 0.571. The Kier molecular flexibility index (Phi) is 10.0. The monoisotopic (exact) mass is 294 g/mol. The zero-order valence-corrected chi connectivity index (χ0v) is 11.7. The zero-order valence-electron chi connectivity index (χ0n) is 10.9. The van der Waals surface area contributed by atoms with E-state index < -0.39 is 10.1 Å². The molecule has 0 spiro atoms. The third-order valence-corrected chi connectivity index (χ3v) is 4.00. The van der Waals surface area contributed by atoms with Gasteiger partial charge in [-0.25, -0.2) is 0 Å². The summed E-state index contributed by atoms with van der Waals surface area (Å²) in [4.78, 5) is 0.0542. The van der Waals surface area contributed by atoms with Gasteiger partial charge in [0.05, 0.1) is 4.90 Å². The molecule has 1 aromatic rings. The molecule has 3 nitrogen and oxygen atoms in total. The summed E-state index contributed by atoms with van der Waals surface area (Å²) in [6.45, 7) is 2.18. The molecule has 0 aromatic heterocycles. The molecule has 0 unspecified atom stereocenters. The summed E-state index contributed by atoms with van der Waals surface area (Å²) in [5.74, 6) is 0. The zero-order chi connectivity index (χ0) is 13.4. The molecule has 1 rings (SSSR count). The number of benzene rings is 1. The van der Waals surface area contributed by atoms with Gasteiger partial charge in [-0.2, -0.15) is 8.42 Å². The summed E-state index contributed by atoms with van der Waals surface area (Å²) >= 11 is 0. The van der Waals surface area contributed by atoms with Crippen molar-refractivity contribution in [2.24, 2.45) is 0 Å². The Labute approximate surface area is 138 Å². The molecule has 1 N–H and O–H groups in total. The maximum atomic E-state index is 11.2. The van der Waals surface area contributed by atoms with Crippen molar-refractivity contribution >= 4 is 39.7 Å². The van der Waals surface area contributed by atoms with Crippen LogP contribution >= 0.6 is 0 Å². The van der Waals surface area contributed by atoms with Crippen molar-refractivity contribution in [3.05, 3.63) is 29.8 Å². The molecular weight excluding hydrogens is 271 g/mol. The Morgan fingerprint density at radius 1 is 1.00 bits per heavy atom. The normalized spacial score (nSPS) is 11.1. The Morgan fingerprint density at radius 3 is 2.21 bits per heavy atom. The molecule has 0 fully saturated rings. The molecule has 0 amide bonds. The summed E-state index contributed by atoms with van der Waals surface area (Å²) in [5.41, 5.74) is 0.718. The molecule has 1 aromatic carbocycles. The van der Waals surface area contributed by atoms with Gasteiger partial charge < -0.3 is 0 Å². The average Bonchev–Trinajstić information content (AvgIpc) is 2.33. The van der Waals surface area contributed by atoms with Crippen LogP contribution in [-0.2, 0) is 16.5 Å². The summed E-state index contributed by atoms with van der Waals surface area (Å²) in [6.07, 6.45) is 7.73. The second-order valence-corrected chi connectivity index (χ2v) is 5.99. The summed E-state index contributed by atoms with van der Waals surface area (Å²) in [5, 5.41) is 0. The van der Waals surface area contributed by atoms with Gasteiger partial charge in [0.15, 0.2) is 0 Å². The minimum absolute atomic E-state index is 0. The van der Waals surface area contributed by atoms with Gasteiger partial charge in [0, 0.05) is 0 Å². The van der Waals surface area contributed by atoms with Gasteiger partial charge in [-0.15, -0.1) is 0 Å². The first-order chi connectivity index (χ1) is 8.55. The fourth-order valence-corrected chi connectivity index (χ4v) is 2.81. The van der Waals surface area contributed by atoms with Gasteiger partial charge in [-0.1, -0.05) is 57.2 Å². The van der Waals surface area contributed by atoms with Gasteiger partial charge in [-0.05, 0) is 24.5 Å². The van der Waals surface area contributed by atoms with Crippen LogP contribution in [-0.4, -0.2) is 42.5 Å². The first-order valence-electron chi connectivity index (χ1n) is 6.61. The molecule has 0 radical (unpaired) electrons. The molecule has 19 heavy (non-hydrogen) atoms. The number of rotatable bonds is 8. The number of aryl methyl sites for hydroxylation is 1. The van der Waals surface area contributed by atoms with Crippen LogP contribution in [0.3, 0.4) is 0 Å².